The van der Waals surface area contributed by atoms with Crippen molar-refractivity contribution in [1.29, 1.82) is 0 Å². The molecule has 3 aromatic rings. The quantitative estimate of drug-likeness (QED) is 0.126. The Kier molecular flexibility index (Phi) is 11.7. The molecule has 1 aliphatic heterocycles. The van der Waals surface area contributed by atoms with Crippen LogP contribution in [-0.4, -0.2) is 51.6 Å². The molecule has 46 heavy (non-hydrogen) atoms. The molecule has 3 aromatic carbocycles. The largest absolute Gasteiger partial charge is 0.493 e. The normalized spacial score (nSPS) is 14.3. The Morgan fingerprint density at radius 2 is 1.78 bits per heavy atom. The fourth-order valence-corrected chi connectivity index (χ4v) is 4.98. The van der Waals surface area contributed by atoms with Gasteiger partial charge < -0.3 is 34.3 Å². The number of hydrogen-bond acceptors (Lipinski definition) is 9. The number of nitrogens with zero attached hydrogens (tertiary/aromatic N) is 1. The van der Waals surface area contributed by atoms with Gasteiger partial charge in [0.1, 0.15) is 6.61 Å². The Morgan fingerprint density at radius 1 is 1.00 bits per heavy atom. The topological polar surface area (TPSA) is 146 Å². The Bertz CT molecular complexity index is 1680. The molecule has 0 unspecified atom stereocenters. The van der Waals surface area contributed by atoms with Gasteiger partial charge in [0, 0.05) is 10.7 Å². The van der Waals surface area contributed by atoms with E-state index in [2.05, 4.69) is 21.2 Å². The summed E-state index contributed by atoms with van der Waals surface area (Å²) in [5.74, 6) is 0.161. The summed E-state index contributed by atoms with van der Waals surface area (Å²) in [4.78, 5) is 37.3. The second kappa shape index (κ2) is 15.9. The van der Waals surface area contributed by atoms with Crippen LogP contribution in [0.2, 0.25) is 10.0 Å². The Morgan fingerprint density at radius 3 is 2.50 bits per heavy atom. The van der Waals surface area contributed by atoms with Gasteiger partial charge in [-0.1, -0.05) is 41.4 Å². The molecular formula is C32H32Cl2N4O8. The Hall–Kier alpha value is -4.94. The van der Waals surface area contributed by atoms with Gasteiger partial charge >= 0.3 is 12.0 Å². The standard InChI is InChI=1S/C32H32Cl2N4O8/c1-5-44-31(40)28-18(2)36-32(41)37-29(28)21-9-10-24(25(14-21)42-3)45-17-27(39)38-35-15-20-12-23(34)30(26(13-20)43-4)46-16-19-7-6-8-22(33)11-19/h6-15,29H,5,16-17H2,1-4H3,(H,38,39)(H2,36,37,41)/b35-15+/t29-/m0/s1. The lowest BCUT2D eigenvalue weighted by Crippen LogP contribution is -2.45. The number of halogens is 2. The summed E-state index contributed by atoms with van der Waals surface area (Å²) in [6.07, 6.45) is 1.40. The number of ether oxygens (including phenoxy) is 5. The number of allylic oxidation sites excluding steroid dienone is 1. The first-order chi connectivity index (χ1) is 22.1. The molecule has 4 rings (SSSR count). The summed E-state index contributed by atoms with van der Waals surface area (Å²) in [7, 11) is 2.91. The minimum Gasteiger partial charge on any atom is -0.493 e. The molecule has 1 heterocycles. The predicted octanol–water partition coefficient (Wildman–Crippen LogP) is 5.31. The number of urea groups is 1. The number of amides is 3. The number of nitrogens with one attached hydrogen (secondary N) is 3. The number of benzene rings is 3. The van der Waals surface area contributed by atoms with Crippen LogP contribution in [-0.2, 0) is 20.9 Å². The van der Waals surface area contributed by atoms with Crippen molar-refractivity contribution >= 4 is 47.3 Å². The number of methoxy groups -OCH3 is 2. The fourth-order valence-electron chi connectivity index (χ4n) is 4.50. The van der Waals surface area contributed by atoms with Crippen molar-refractivity contribution in [2.45, 2.75) is 26.5 Å². The molecule has 12 nitrogen and oxygen atoms in total. The first-order valence-corrected chi connectivity index (χ1v) is 14.7. The van der Waals surface area contributed by atoms with Gasteiger partial charge in [0.25, 0.3) is 5.91 Å². The third kappa shape index (κ3) is 8.61. The molecule has 0 fully saturated rings. The number of esters is 1. The van der Waals surface area contributed by atoms with E-state index in [1.54, 1.807) is 56.3 Å². The smallest absolute Gasteiger partial charge is 0.338 e. The maximum absolute atomic E-state index is 12.6. The van der Waals surface area contributed by atoms with Gasteiger partial charge in [0.05, 0.1) is 43.7 Å². The van der Waals surface area contributed by atoms with E-state index in [9.17, 15) is 14.4 Å². The van der Waals surface area contributed by atoms with Crippen LogP contribution in [0.4, 0.5) is 4.79 Å². The van der Waals surface area contributed by atoms with Crippen molar-refractivity contribution in [1.82, 2.24) is 16.1 Å². The Labute approximate surface area is 275 Å². The number of hydrazone groups is 1. The van der Waals surface area contributed by atoms with E-state index in [4.69, 9.17) is 46.9 Å². The maximum Gasteiger partial charge on any atom is 0.338 e. The van der Waals surface area contributed by atoms with Crippen LogP contribution in [0.5, 0.6) is 23.0 Å². The lowest BCUT2D eigenvalue weighted by molar-refractivity contribution is -0.139. The van der Waals surface area contributed by atoms with Crippen molar-refractivity contribution in [3.63, 3.8) is 0 Å². The summed E-state index contributed by atoms with van der Waals surface area (Å²) in [5, 5.41) is 10.2. The van der Waals surface area contributed by atoms with Gasteiger partial charge in [-0.3, -0.25) is 4.79 Å². The molecule has 0 spiro atoms. The molecule has 3 amide bonds. The third-order valence-electron chi connectivity index (χ3n) is 6.57. The number of hydrogen-bond donors (Lipinski definition) is 3. The first-order valence-electron chi connectivity index (χ1n) is 14.0. The molecule has 3 N–H and O–H groups in total. The zero-order chi connectivity index (χ0) is 33.2. The van der Waals surface area contributed by atoms with Crippen molar-refractivity contribution < 1.29 is 38.1 Å². The number of carbonyl (C=O) groups excluding carboxylic acids is 3. The van der Waals surface area contributed by atoms with Crippen LogP contribution in [0.15, 0.2) is 71.0 Å². The molecule has 1 aliphatic rings. The van der Waals surface area contributed by atoms with Crippen molar-refractivity contribution in [3.8, 4) is 23.0 Å². The van der Waals surface area contributed by atoms with Crippen molar-refractivity contribution in [3.05, 3.63) is 92.6 Å². The molecule has 0 saturated carbocycles. The van der Waals surface area contributed by atoms with Gasteiger partial charge in [-0.2, -0.15) is 5.10 Å². The van der Waals surface area contributed by atoms with Gasteiger partial charge in [0.2, 0.25) is 0 Å². The molecular weight excluding hydrogens is 639 g/mol. The molecule has 0 bridgehead atoms. The zero-order valence-corrected chi connectivity index (χ0v) is 27.0. The summed E-state index contributed by atoms with van der Waals surface area (Å²) in [5.41, 5.74) is 4.98. The SMILES string of the molecule is CCOC(=O)C1=C(C)NC(=O)N[C@H]1c1ccc(OCC(=O)N/N=C/c2cc(Cl)c(OCc3cccc(Cl)c3)c(OC)c2)c(OC)c1. The summed E-state index contributed by atoms with van der Waals surface area (Å²) in [6, 6.07) is 14.1. The second-order valence-electron chi connectivity index (χ2n) is 9.74. The molecule has 1 atom stereocenters. The summed E-state index contributed by atoms with van der Waals surface area (Å²) >= 11 is 12.5. The highest BCUT2D eigenvalue weighted by Gasteiger charge is 2.32. The molecule has 0 aliphatic carbocycles. The van der Waals surface area contributed by atoms with Crippen molar-refractivity contribution in [2.75, 3.05) is 27.4 Å². The van der Waals surface area contributed by atoms with E-state index in [-0.39, 0.29) is 41.9 Å². The van der Waals surface area contributed by atoms with Crippen molar-refractivity contribution in [2.24, 2.45) is 5.10 Å². The van der Waals surface area contributed by atoms with E-state index in [0.29, 0.717) is 33.3 Å². The number of rotatable bonds is 13. The lowest BCUT2D eigenvalue weighted by atomic mass is 9.95. The van der Waals surface area contributed by atoms with E-state index in [1.165, 1.54) is 20.4 Å². The fraction of sp³-hybridized carbons (Fsp3) is 0.250. The lowest BCUT2D eigenvalue weighted by Gasteiger charge is -2.28. The van der Waals surface area contributed by atoms with Crippen LogP contribution in [0.3, 0.4) is 0 Å². The minimum atomic E-state index is -0.788. The second-order valence-corrected chi connectivity index (χ2v) is 10.6. The van der Waals surface area contributed by atoms with Crippen LogP contribution < -0.4 is 35.0 Å². The molecule has 14 heteroatoms. The predicted molar refractivity (Wildman–Crippen MR) is 172 cm³/mol. The van der Waals surface area contributed by atoms with Crippen LogP contribution in [0, 0.1) is 0 Å². The molecule has 242 valence electrons. The molecule has 0 saturated heterocycles. The highest BCUT2D eigenvalue weighted by atomic mass is 35.5. The van der Waals surface area contributed by atoms with Gasteiger partial charge in [-0.05, 0) is 66.9 Å². The average molecular weight is 672 g/mol. The zero-order valence-electron chi connectivity index (χ0n) is 25.4. The summed E-state index contributed by atoms with van der Waals surface area (Å²) in [6.45, 7) is 3.33. The van der Waals surface area contributed by atoms with Gasteiger partial charge in [-0.25, -0.2) is 15.0 Å². The molecule has 0 aromatic heterocycles. The van der Waals surface area contributed by atoms with E-state index >= 15 is 0 Å². The van der Waals surface area contributed by atoms with Crippen LogP contribution in [0.1, 0.15) is 36.6 Å². The number of carbonyl (C=O) groups is 3. The highest BCUT2D eigenvalue weighted by molar-refractivity contribution is 6.32. The average Bonchev–Trinajstić information content (AvgIpc) is 3.02. The van der Waals surface area contributed by atoms with E-state index in [1.807, 2.05) is 12.1 Å². The maximum atomic E-state index is 12.6. The van der Waals surface area contributed by atoms with Gasteiger partial charge in [-0.15, -0.1) is 0 Å². The molecule has 0 radical (unpaired) electrons. The Balaban J connectivity index is 1.37. The monoisotopic (exact) mass is 670 g/mol. The summed E-state index contributed by atoms with van der Waals surface area (Å²) < 4.78 is 27.6. The highest BCUT2D eigenvalue weighted by Crippen LogP contribution is 2.37. The van der Waals surface area contributed by atoms with Crippen LogP contribution >= 0.6 is 23.2 Å². The first kappa shape index (κ1) is 33.9. The van der Waals surface area contributed by atoms with Crippen LogP contribution in [0.25, 0.3) is 0 Å². The van der Waals surface area contributed by atoms with Gasteiger partial charge in [0.15, 0.2) is 29.6 Å². The van der Waals surface area contributed by atoms with E-state index < -0.39 is 23.9 Å². The third-order valence-corrected chi connectivity index (χ3v) is 7.09. The van der Waals surface area contributed by atoms with E-state index in [0.717, 1.165) is 5.56 Å². The minimum absolute atomic E-state index is 0.174.